The van der Waals surface area contributed by atoms with Gasteiger partial charge in [-0.2, -0.15) is 0 Å². The lowest BCUT2D eigenvalue weighted by Crippen LogP contribution is -2.39. The molecule has 3 atom stereocenters. The molecule has 0 fully saturated rings. The van der Waals surface area contributed by atoms with Gasteiger partial charge in [0.15, 0.2) is 11.4 Å². The predicted octanol–water partition coefficient (Wildman–Crippen LogP) is 3.29. The summed E-state index contributed by atoms with van der Waals surface area (Å²) < 4.78 is 11.5. The van der Waals surface area contributed by atoms with Crippen molar-refractivity contribution in [2.45, 2.75) is 71.5 Å². The number of fused-ring (bicyclic) bond motifs is 3. The molecule has 2 heterocycles. The summed E-state index contributed by atoms with van der Waals surface area (Å²) >= 11 is 0. The number of phenolic OH excluding ortho intramolecular Hbond substituents is 1. The molecule has 0 amide bonds. The average molecular weight is 418 g/mol. The van der Waals surface area contributed by atoms with E-state index in [9.17, 15) is 24.9 Å². The van der Waals surface area contributed by atoms with Crippen molar-refractivity contribution in [3.05, 3.63) is 33.2 Å². The first-order valence-electron chi connectivity index (χ1n) is 10.4. The molecule has 1 aliphatic rings. The van der Waals surface area contributed by atoms with Gasteiger partial charge in [-0.25, -0.2) is 4.79 Å². The second-order valence-corrected chi connectivity index (χ2v) is 8.94. The van der Waals surface area contributed by atoms with Gasteiger partial charge in [0.1, 0.15) is 23.2 Å². The van der Waals surface area contributed by atoms with Crippen LogP contribution >= 0.6 is 0 Å². The van der Waals surface area contributed by atoms with Gasteiger partial charge in [0.05, 0.1) is 11.0 Å². The number of hydrogen-bond acceptors (Lipinski definition) is 7. The maximum Gasteiger partial charge on any atom is 0.336 e. The molecular weight excluding hydrogens is 388 g/mol. The highest BCUT2D eigenvalue weighted by molar-refractivity contribution is 6.11. The van der Waals surface area contributed by atoms with E-state index in [2.05, 4.69) is 0 Å². The molecule has 164 valence electrons. The minimum Gasteiger partial charge on any atom is -0.507 e. The number of carbonyl (C=O) groups is 1. The number of rotatable bonds is 7. The molecule has 1 aliphatic heterocycles. The smallest absolute Gasteiger partial charge is 0.336 e. The molecule has 0 radical (unpaired) electrons. The molecule has 1 aromatic heterocycles. The molecule has 7 heteroatoms. The van der Waals surface area contributed by atoms with Crippen molar-refractivity contribution in [1.82, 2.24) is 0 Å². The van der Waals surface area contributed by atoms with Crippen molar-refractivity contribution >= 4 is 16.8 Å². The summed E-state index contributed by atoms with van der Waals surface area (Å²) in [5, 5.41) is 31.3. The SMILES string of the molecule is CC[C@@H](C)c1cc(=O)oc2c(C(=O)C[C@H](C)CO)c(O)c3c(c12)O[C@H](C(C)(C)O)C3. The van der Waals surface area contributed by atoms with Gasteiger partial charge in [-0.15, -0.1) is 0 Å². The Morgan fingerprint density at radius 3 is 2.57 bits per heavy atom. The topological polar surface area (TPSA) is 117 Å². The van der Waals surface area contributed by atoms with E-state index in [1.54, 1.807) is 20.8 Å². The van der Waals surface area contributed by atoms with Crippen molar-refractivity contribution in [3.8, 4) is 11.5 Å². The van der Waals surface area contributed by atoms with Crippen molar-refractivity contribution in [2.24, 2.45) is 5.92 Å². The third kappa shape index (κ3) is 3.84. The zero-order valence-electron chi connectivity index (χ0n) is 18.1. The highest BCUT2D eigenvalue weighted by Crippen LogP contribution is 2.48. The molecule has 7 nitrogen and oxygen atoms in total. The number of aliphatic hydroxyl groups is 2. The van der Waals surface area contributed by atoms with Crippen molar-refractivity contribution in [3.63, 3.8) is 0 Å². The maximum atomic E-state index is 13.1. The van der Waals surface area contributed by atoms with Crippen molar-refractivity contribution in [2.75, 3.05) is 6.61 Å². The maximum absolute atomic E-state index is 13.1. The molecule has 30 heavy (non-hydrogen) atoms. The summed E-state index contributed by atoms with van der Waals surface area (Å²) in [6.07, 6.45) is 0.328. The Hall–Kier alpha value is -2.38. The number of carbonyl (C=O) groups excluding carboxylic acids is 1. The fourth-order valence-electron chi connectivity index (χ4n) is 3.87. The Morgan fingerprint density at radius 1 is 1.33 bits per heavy atom. The fourth-order valence-corrected chi connectivity index (χ4v) is 3.87. The molecule has 0 unspecified atom stereocenters. The van der Waals surface area contributed by atoms with Crippen LogP contribution in [-0.2, 0) is 6.42 Å². The lowest BCUT2D eigenvalue weighted by Gasteiger charge is -2.25. The van der Waals surface area contributed by atoms with E-state index in [1.165, 1.54) is 6.07 Å². The number of aliphatic hydroxyl groups excluding tert-OH is 1. The van der Waals surface area contributed by atoms with Gasteiger partial charge in [0.2, 0.25) is 0 Å². The Labute approximate surface area is 175 Å². The van der Waals surface area contributed by atoms with Crippen LogP contribution in [0.1, 0.15) is 74.9 Å². The number of hydrogen-bond donors (Lipinski definition) is 3. The minimum absolute atomic E-state index is 0.000542. The van der Waals surface area contributed by atoms with Gasteiger partial charge >= 0.3 is 5.63 Å². The molecule has 0 aliphatic carbocycles. The number of aromatic hydroxyl groups is 1. The van der Waals surface area contributed by atoms with Crippen LogP contribution in [0.4, 0.5) is 0 Å². The third-order valence-electron chi connectivity index (χ3n) is 5.95. The van der Waals surface area contributed by atoms with Crippen LogP contribution in [0.3, 0.4) is 0 Å². The Bertz CT molecular complexity index is 1030. The van der Waals surface area contributed by atoms with Crippen LogP contribution in [0.5, 0.6) is 11.5 Å². The highest BCUT2D eigenvalue weighted by atomic mass is 16.5. The van der Waals surface area contributed by atoms with Gasteiger partial charge in [-0.3, -0.25) is 4.79 Å². The Morgan fingerprint density at radius 2 is 2.00 bits per heavy atom. The average Bonchev–Trinajstić information content (AvgIpc) is 3.12. The summed E-state index contributed by atoms with van der Waals surface area (Å²) in [7, 11) is 0. The lowest BCUT2D eigenvalue weighted by molar-refractivity contribution is -0.0225. The van der Waals surface area contributed by atoms with Crippen LogP contribution < -0.4 is 10.4 Å². The molecule has 0 bridgehead atoms. The van der Waals surface area contributed by atoms with Crippen molar-refractivity contribution in [1.29, 1.82) is 0 Å². The monoisotopic (exact) mass is 418 g/mol. The first-order chi connectivity index (χ1) is 14.0. The quantitative estimate of drug-likeness (QED) is 0.466. The van der Waals surface area contributed by atoms with Gasteiger partial charge in [-0.05, 0) is 37.7 Å². The molecular formula is C23H30O7. The first kappa shape index (κ1) is 22.3. The summed E-state index contributed by atoms with van der Waals surface area (Å²) in [5.41, 5.74) is -0.751. The number of ether oxygens (including phenoxy) is 1. The largest absolute Gasteiger partial charge is 0.507 e. The normalized spacial score (nSPS) is 18.2. The lowest BCUT2D eigenvalue weighted by atomic mass is 9.88. The van der Waals surface area contributed by atoms with Crippen LogP contribution in [-0.4, -0.2) is 39.4 Å². The third-order valence-corrected chi connectivity index (χ3v) is 5.95. The zero-order chi connectivity index (χ0) is 22.4. The number of Topliss-reactive ketones (excluding diaryl/α,β-unsaturated/α-hetero) is 1. The molecule has 0 spiro atoms. The van der Waals surface area contributed by atoms with E-state index in [-0.39, 0.29) is 48.2 Å². The van der Waals surface area contributed by atoms with E-state index in [0.29, 0.717) is 22.3 Å². The van der Waals surface area contributed by atoms with Gasteiger partial charge in [0, 0.05) is 31.1 Å². The Balaban J connectivity index is 2.37. The van der Waals surface area contributed by atoms with E-state index < -0.39 is 23.1 Å². The van der Waals surface area contributed by atoms with Crippen LogP contribution in [0.25, 0.3) is 11.0 Å². The summed E-state index contributed by atoms with van der Waals surface area (Å²) in [6.45, 7) is 8.73. The van der Waals surface area contributed by atoms with Crippen LogP contribution in [0.15, 0.2) is 15.3 Å². The standard InChI is InChI=1S/C23H30O7/c1-6-12(3)13-9-17(26)30-22-18(13)21-14(8-16(29-21)23(4,5)28)20(27)19(22)15(25)7-11(2)10-24/h9,11-12,16,24,27-28H,6-8,10H2,1-5H3/t11-,12+,16-/m0/s1. The minimum atomic E-state index is -1.18. The van der Waals surface area contributed by atoms with Crippen molar-refractivity contribution < 1.29 is 29.3 Å². The first-order valence-corrected chi connectivity index (χ1v) is 10.4. The molecule has 3 rings (SSSR count). The molecule has 2 aromatic rings. The van der Waals surface area contributed by atoms with E-state index in [0.717, 1.165) is 6.42 Å². The van der Waals surface area contributed by atoms with E-state index in [1.807, 2.05) is 13.8 Å². The second-order valence-electron chi connectivity index (χ2n) is 8.94. The fraction of sp³-hybridized carbons (Fsp3) is 0.565. The molecule has 0 saturated carbocycles. The second kappa shape index (κ2) is 8.04. The number of benzene rings is 1. The highest BCUT2D eigenvalue weighted by Gasteiger charge is 2.40. The van der Waals surface area contributed by atoms with Crippen LogP contribution in [0.2, 0.25) is 0 Å². The number of ketones is 1. The summed E-state index contributed by atoms with van der Waals surface area (Å²) in [5.74, 6) is -0.693. The van der Waals surface area contributed by atoms with E-state index in [4.69, 9.17) is 9.15 Å². The summed E-state index contributed by atoms with van der Waals surface area (Å²) in [6, 6.07) is 1.40. The Kier molecular flexibility index (Phi) is 5.98. The zero-order valence-corrected chi connectivity index (χ0v) is 18.1. The van der Waals surface area contributed by atoms with Gasteiger partial charge < -0.3 is 24.5 Å². The number of phenols is 1. The van der Waals surface area contributed by atoms with Gasteiger partial charge in [-0.1, -0.05) is 20.8 Å². The molecule has 0 saturated heterocycles. The van der Waals surface area contributed by atoms with E-state index >= 15 is 0 Å². The predicted molar refractivity (Wildman–Crippen MR) is 112 cm³/mol. The molecule has 3 N–H and O–H groups in total. The summed E-state index contributed by atoms with van der Waals surface area (Å²) in [4.78, 5) is 25.4. The molecule has 1 aromatic carbocycles. The van der Waals surface area contributed by atoms with Gasteiger partial charge in [0.25, 0.3) is 0 Å². The van der Waals surface area contributed by atoms with Crippen LogP contribution in [0, 0.1) is 5.92 Å².